The Hall–Kier alpha value is -1.49. The van der Waals surface area contributed by atoms with Crippen molar-refractivity contribution < 1.29 is 42.2 Å². The maximum atomic E-state index is 11.9. The minimum absolute atomic E-state index is 0.389. The molecule has 3 N–H and O–H groups in total. The van der Waals surface area contributed by atoms with E-state index in [-0.39, 0.29) is 6.61 Å². The van der Waals surface area contributed by atoms with Crippen LogP contribution in [0.4, 0.5) is 0 Å². The molecule has 0 rings (SSSR count). The van der Waals surface area contributed by atoms with Crippen LogP contribution in [0.2, 0.25) is 0 Å². The predicted molar refractivity (Wildman–Crippen MR) is 69.8 cm³/mol. The Kier molecular flexibility index (Phi) is 8.10. The predicted octanol–water partition coefficient (Wildman–Crippen LogP) is -1.35. The van der Waals surface area contributed by atoms with Crippen molar-refractivity contribution in [1.82, 2.24) is 0 Å². The van der Waals surface area contributed by atoms with E-state index in [1.165, 1.54) is 0 Å². The van der Waals surface area contributed by atoms with E-state index in [1.807, 2.05) is 0 Å². The number of carbonyl (C=O) groups is 2. The zero-order valence-electron chi connectivity index (χ0n) is 11.2. The molecule has 1 unspecified atom stereocenters. The van der Waals surface area contributed by atoms with E-state index in [2.05, 4.69) is 16.1 Å². The Labute approximate surface area is 121 Å². The summed E-state index contributed by atoms with van der Waals surface area (Å²) < 4.78 is 38.8. The van der Waals surface area contributed by atoms with Crippen LogP contribution in [-0.2, 0) is 29.2 Å². The van der Waals surface area contributed by atoms with Crippen LogP contribution < -0.4 is 0 Å². The van der Waals surface area contributed by atoms with Gasteiger partial charge in [0.1, 0.15) is 13.2 Å². The summed E-state index contributed by atoms with van der Waals surface area (Å²) >= 11 is 0. The summed E-state index contributed by atoms with van der Waals surface area (Å²) in [5.74, 6) is -2.52. The van der Waals surface area contributed by atoms with Gasteiger partial charge in [0.25, 0.3) is 10.1 Å². The number of aliphatic hydroxyl groups excluding tert-OH is 2. The molecule has 0 saturated carbocycles. The molecule has 122 valence electrons. The zero-order valence-corrected chi connectivity index (χ0v) is 12.0. The molecule has 0 aliphatic heterocycles. The Balaban J connectivity index is 5.45. The largest absolute Gasteiger partial charge is 0.463 e. The van der Waals surface area contributed by atoms with Crippen LogP contribution in [0, 0.1) is 0 Å². The van der Waals surface area contributed by atoms with Gasteiger partial charge in [0.15, 0.2) is 0 Å². The fraction of sp³-hybridized carbons (Fsp3) is 0.636. The van der Waals surface area contributed by atoms with Gasteiger partial charge < -0.3 is 19.7 Å². The van der Waals surface area contributed by atoms with Gasteiger partial charge in [0.05, 0.1) is 19.6 Å². The van der Waals surface area contributed by atoms with Gasteiger partial charge in [0, 0.05) is 0 Å². The molecule has 0 aromatic heterocycles. The molecule has 0 aromatic carbocycles. The fourth-order valence-electron chi connectivity index (χ4n) is 1.48. The third kappa shape index (κ3) is 5.42. The summed E-state index contributed by atoms with van der Waals surface area (Å²) in [4.78, 5) is 23.4. The van der Waals surface area contributed by atoms with Crippen molar-refractivity contribution in [3.63, 3.8) is 0 Å². The number of hydrogen-bond acceptors (Lipinski definition) is 8. The van der Waals surface area contributed by atoms with Gasteiger partial charge in [-0.3, -0.25) is 14.1 Å². The van der Waals surface area contributed by atoms with Crippen molar-refractivity contribution in [2.24, 2.45) is 0 Å². The van der Waals surface area contributed by atoms with Crippen LogP contribution in [0.5, 0.6) is 0 Å². The van der Waals surface area contributed by atoms with E-state index in [0.717, 1.165) is 6.08 Å². The lowest BCUT2D eigenvalue weighted by Gasteiger charge is -2.26. The number of esters is 2. The highest BCUT2D eigenvalue weighted by atomic mass is 32.2. The standard InChI is InChI=1S/C11H18O9S/c1-2-3-11(21(16,17)18,10(15)20-7-5-13)8-9(14)19-6-4-12/h2,12-13H,1,3-8H2,(H,16,17,18). The van der Waals surface area contributed by atoms with Gasteiger partial charge in [-0.05, 0) is 6.42 Å². The zero-order chi connectivity index (χ0) is 16.5. The van der Waals surface area contributed by atoms with E-state index in [4.69, 9.17) is 10.2 Å². The Morgan fingerprint density at radius 2 is 1.67 bits per heavy atom. The second-order valence-electron chi connectivity index (χ2n) is 3.94. The molecule has 0 heterocycles. The summed E-state index contributed by atoms with van der Waals surface area (Å²) in [7, 11) is -5.03. The molecule has 0 aliphatic carbocycles. The number of allylic oxidation sites excluding steroid dienone is 1. The van der Waals surface area contributed by atoms with Crippen molar-refractivity contribution in [3.8, 4) is 0 Å². The van der Waals surface area contributed by atoms with Crippen LogP contribution in [0.3, 0.4) is 0 Å². The van der Waals surface area contributed by atoms with Gasteiger partial charge in [-0.1, -0.05) is 6.08 Å². The Morgan fingerprint density at radius 1 is 1.14 bits per heavy atom. The number of hydrogen-bond donors (Lipinski definition) is 3. The molecular formula is C11H18O9S. The third-order valence-electron chi connectivity index (χ3n) is 2.45. The molecule has 0 radical (unpaired) electrons. The summed E-state index contributed by atoms with van der Waals surface area (Å²) in [6.45, 7) is 1.33. The average Bonchev–Trinajstić information content (AvgIpc) is 2.40. The normalized spacial score (nSPS) is 14.0. The first-order valence-corrected chi connectivity index (χ1v) is 7.31. The smallest absolute Gasteiger partial charge is 0.331 e. The highest BCUT2D eigenvalue weighted by Crippen LogP contribution is 2.28. The van der Waals surface area contributed by atoms with Gasteiger partial charge in [-0.2, -0.15) is 8.42 Å². The van der Waals surface area contributed by atoms with Gasteiger partial charge in [0.2, 0.25) is 4.75 Å². The fourth-order valence-corrected chi connectivity index (χ4v) is 2.37. The minimum atomic E-state index is -5.03. The molecule has 1 atom stereocenters. The van der Waals surface area contributed by atoms with Crippen LogP contribution in [-0.4, -0.2) is 66.3 Å². The van der Waals surface area contributed by atoms with Crippen molar-refractivity contribution in [2.45, 2.75) is 17.6 Å². The maximum Gasteiger partial charge on any atom is 0.331 e. The van der Waals surface area contributed by atoms with Crippen molar-refractivity contribution >= 4 is 22.1 Å². The van der Waals surface area contributed by atoms with E-state index < -0.39 is 59.5 Å². The molecule has 0 aliphatic rings. The molecule has 0 fully saturated rings. The first kappa shape index (κ1) is 19.5. The molecule has 0 spiro atoms. The lowest BCUT2D eigenvalue weighted by molar-refractivity contribution is -0.154. The van der Waals surface area contributed by atoms with E-state index in [1.54, 1.807) is 0 Å². The molecule has 0 aromatic rings. The molecule has 9 nitrogen and oxygen atoms in total. The number of aliphatic hydroxyl groups is 2. The lowest BCUT2D eigenvalue weighted by Crippen LogP contribution is -2.49. The summed E-state index contributed by atoms with van der Waals surface area (Å²) in [5.41, 5.74) is 0. The third-order valence-corrected chi connectivity index (χ3v) is 3.91. The summed E-state index contributed by atoms with van der Waals surface area (Å²) in [5, 5.41) is 17.1. The maximum absolute atomic E-state index is 11.9. The van der Waals surface area contributed by atoms with Crippen LogP contribution in [0.1, 0.15) is 12.8 Å². The van der Waals surface area contributed by atoms with E-state index in [0.29, 0.717) is 0 Å². The topological polar surface area (TPSA) is 147 Å². The average molecular weight is 326 g/mol. The van der Waals surface area contributed by atoms with Crippen molar-refractivity contribution in [3.05, 3.63) is 12.7 Å². The molecular weight excluding hydrogens is 308 g/mol. The first-order chi connectivity index (χ1) is 9.75. The molecule has 0 bridgehead atoms. The summed E-state index contributed by atoms with van der Waals surface area (Å²) in [6, 6.07) is 0. The van der Waals surface area contributed by atoms with Crippen molar-refractivity contribution in [1.29, 1.82) is 0 Å². The van der Waals surface area contributed by atoms with E-state index >= 15 is 0 Å². The summed E-state index contributed by atoms with van der Waals surface area (Å²) in [6.07, 6.45) is -0.584. The quantitative estimate of drug-likeness (QED) is 0.252. The number of ether oxygens (including phenoxy) is 2. The highest BCUT2D eigenvalue weighted by molar-refractivity contribution is 7.88. The van der Waals surface area contributed by atoms with Gasteiger partial charge in [-0.25, -0.2) is 0 Å². The monoisotopic (exact) mass is 326 g/mol. The first-order valence-electron chi connectivity index (χ1n) is 5.87. The Morgan fingerprint density at radius 3 is 2.10 bits per heavy atom. The number of carbonyl (C=O) groups excluding carboxylic acids is 2. The van der Waals surface area contributed by atoms with Crippen molar-refractivity contribution in [2.75, 3.05) is 26.4 Å². The molecule has 21 heavy (non-hydrogen) atoms. The van der Waals surface area contributed by atoms with Crippen LogP contribution >= 0.6 is 0 Å². The molecule has 0 saturated heterocycles. The second-order valence-corrected chi connectivity index (χ2v) is 5.67. The number of rotatable bonds is 10. The van der Waals surface area contributed by atoms with E-state index in [9.17, 15) is 22.6 Å². The van der Waals surface area contributed by atoms with Crippen LogP contribution in [0.15, 0.2) is 12.7 Å². The minimum Gasteiger partial charge on any atom is -0.463 e. The lowest BCUT2D eigenvalue weighted by atomic mass is 10.0. The Bertz CT molecular complexity index is 470. The van der Waals surface area contributed by atoms with Gasteiger partial charge in [-0.15, -0.1) is 6.58 Å². The second kappa shape index (κ2) is 8.72. The SMILES string of the molecule is C=CCC(CC(=O)OCCO)(C(=O)OCCO)S(=O)(=O)O. The van der Waals surface area contributed by atoms with Crippen LogP contribution in [0.25, 0.3) is 0 Å². The molecule has 10 heteroatoms. The van der Waals surface area contributed by atoms with Gasteiger partial charge >= 0.3 is 11.9 Å². The highest BCUT2D eigenvalue weighted by Gasteiger charge is 2.53. The molecule has 0 amide bonds.